The van der Waals surface area contributed by atoms with Crippen molar-refractivity contribution in [1.82, 2.24) is 16.0 Å². The molecular weight excluding hydrogens is 310 g/mol. The number of carbonyl (C=O) groups excluding carboxylic acids is 2. The van der Waals surface area contributed by atoms with Gasteiger partial charge < -0.3 is 9.26 Å². The van der Waals surface area contributed by atoms with E-state index >= 15 is 0 Å². The molecule has 7 nitrogen and oxygen atoms in total. The number of nitrogens with zero attached hydrogens (tertiary/aromatic N) is 1. The molecule has 0 radical (unpaired) electrons. The van der Waals surface area contributed by atoms with E-state index in [0.29, 0.717) is 22.8 Å². The fourth-order valence-corrected chi connectivity index (χ4v) is 2.09. The van der Waals surface area contributed by atoms with Crippen LogP contribution in [0, 0.1) is 27.7 Å². The van der Waals surface area contributed by atoms with Crippen molar-refractivity contribution >= 4 is 11.8 Å². The van der Waals surface area contributed by atoms with Gasteiger partial charge in [0.2, 0.25) is 5.91 Å². The summed E-state index contributed by atoms with van der Waals surface area (Å²) in [5.74, 6) is 0.395. The minimum Gasteiger partial charge on any atom is -0.484 e. The first-order chi connectivity index (χ1) is 11.4. The summed E-state index contributed by atoms with van der Waals surface area (Å²) < 4.78 is 10.4. The summed E-state index contributed by atoms with van der Waals surface area (Å²) in [5.41, 5.74) is 8.27. The Morgan fingerprint density at radius 2 is 1.79 bits per heavy atom. The van der Waals surface area contributed by atoms with Crippen LogP contribution >= 0.6 is 0 Å². The largest absolute Gasteiger partial charge is 0.484 e. The Bertz CT molecular complexity index is 733. The van der Waals surface area contributed by atoms with Crippen molar-refractivity contribution in [3.8, 4) is 5.75 Å². The van der Waals surface area contributed by atoms with E-state index < -0.39 is 5.91 Å². The molecule has 0 atom stereocenters. The second-order valence-electron chi connectivity index (χ2n) is 5.61. The highest BCUT2D eigenvalue weighted by Crippen LogP contribution is 2.16. The summed E-state index contributed by atoms with van der Waals surface area (Å²) in [5, 5.41) is 3.78. The van der Waals surface area contributed by atoms with E-state index in [-0.39, 0.29) is 18.9 Å². The Labute approximate surface area is 140 Å². The molecule has 0 bridgehead atoms. The lowest BCUT2D eigenvalue weighted by Crippen LogP contribution is -2.44. The lowest BCUT2D eigenvalue weighted by Gasteiger charge is -2.10. The van der Waals surface area contributed by atoms with E-state index in [4.69, 9.17) is 9.26 Å². The summed E-state index contributed by atoms with van der Waals surface area (Å²) in [4.78, 5) is 23.6. The van der Waals surface area contributed by atoms with Crippen LogP contribution in [0.3, 0.4) is 0 Å². The Morgan fingerprint density at radius 1 is 1.08 bits per heavy atom. The van der Waals surface area contributed by atoms with Gasteiger partial charge in [0.1, 0.15) is 11.5 Å². The number of amides is 2. The van der Waals surface area contributed by atoms with Crippen molar-refractivity contribution in [1.29, 1.82) is 0 Å². The van der Waals surface area contributed by atoms with E-state index in [1.807, 2.05) is 26.0 Å². The van der Waals surface area contributed by atoms with Crippen molar-refractivity contribution in [2.75, 3.05) is 6.61 Å². The number of hydrogen-bond donors (Lipinski definition) is 2. The van der Waals surface area contributed by atoms with Gasteiger partial charge in [-0.15, -0.1) is 0 Å². The molecule has 2 rings (SSSR count). The second kappa shape index (κ2) is 7.63. The van der Waals surface area contributed by atoms with Crippen LogP contribution < -0.4 is 15.6 Å². The number of nitrogens with one attached hydrogen (secondary N) is 2. The van der Waals surface area contributed by atoms with E-state index in [9.17, 15) is 9.59 Å². The van der Waals surface area contributed by atoms with E-state index in [1.165, 1.54) is 0 Å². The average molecular weight is 331 g/mol. The topological polar surface area (TPSA) is 93.5 Å². The van der Waals surface area contributed by atoms with Crippen molar-refractivity contribution in [3.63, 3.8) is 0 Å². The summed E-state index contributed by atoms with van der Waals surface area (Å²) in [6.07, 6.45) is 0.0828. The number of aromatic nitrogens is 1. The molecule has 24 heavy (non-hydrogen) atoms. The first-order valence-corrected chi connectivity index (χ1v) is 7.56. The molecule has 2 amide bonds. The third-order valence-corrected chi connectivity index (χ3v) is 3.71. The lowest BCUT2D eigenvalue weighted by atomic mass is 10.1. The normalized spacial score (nSPS) is 10.3. The highest BCUT2D eigenvalue weighted by atomic mass is 16.5. The van der Waals surface area contributed by atoms with Crippen molar-refractivity contribution in [2.24, 2.45) is 0 Å². The van der Waals surface area contributed by atoms with Gasteiger partial charge in [-0.1, -0.05) is 11.2 Å². The molecular formula is C17H21N3O4. The van der Waals surface area contributed by atoms with Crippen molar-refractivity contribution in [2.45, 2.75) is 34.1 Å². The molecule has 0 aliphatic heterocycles. The molecule has 1 aromatic heterocycles. The predicted octanol–water partition coefficient (Wildman–Crippen LogP) is 1.68. The minimum absolute atomic E-state index is 0.0828. The van der Waals surface area contributed by atoms with Crippen LogP contribution in [0.1, 0.15) is 28.1 Å². The van der Waals surface area contributed by atoms with Crippen LogP contribution in [0.4, 0.5) is 0 Å². The Hall–Kier alpha value is -2.83. The van der Waals surface area contributed by atoms with Gasteiger partial charge in [0, 0.05) is 5.56 Å². The van der Waals surface area contributed by atoms with Gasteiger partial charge in [0.15, 0.2) is 6.61 Å². The molecule has 1 aromatic carbocycles. The Kier molecular flexibility index (Phi) is 5.57. The maximum Gasteiger partial charge on any atom is 0.276 e. The second-order valence-corrected chi connectivity index (χ2v) is 5.61. The SMILES string of the molecule is Cc1ccc(OCC(=O)NNC(=O)Cc2c(C)noc2C)cc1C. The quantitative estimate of drug-likeness (QED) is 0.813. The van der Waals surface area contributed by atoms with Gasteiger partial charge >= 0.3 is 0 Å². The number of hydrazine groups is 1. The fourth-order valence-electron chi connectivity index (χ4n) is 2.09. The number of rotatable bonds is 5. The van der Waals surface area contributed by atoms with Crippen molar-refractivity contribution < 1.29 is 18.8 Å². The van der Waals surface area contributed by atoms with E-state index in [1.54, 1.807) is 19.9 Å². The molecule has 2 N–H and O–H groups in total. The van der Waals surface area contributed by atoms with Gasteiger partial charge in [0.25, 0.3) is 5.91 Å². The van der Waals surface area contributed by atoms with Crippen LogP contribution in [-0.4, -0.2) is 23.6 Å². The highest BCUT2D eigenvalue weighted by molar-refractivity contribution is 5.84. The third-order valence-electron chi connectivity index (χ3n) is 3.71. The number of ether oxygens (including phenoxy) is 1. The number of carbonyl (C=O) groups is 2. The smallest absolute Gasteiger partial charge is 0.276 e. The number of hydrogen-bond acceptors (Lipinski definition) is 5. The zero-order valence-corrected chi connectivity index (χ0v) is 14.2. The first kappa shape index (κ1) is 17.5. The number of benzene rings is 1. The molecule has 0 aliphatic rings. The fraction of sp³-hybridized carbons (Fsp3) is 0.353. The maximum absolute atomic E-state index is 11.8. The molecule has 7 heteroatoms. The predicted molar refractivity (Wildman–Crippen MR) is 87.4 cm³/mol. The standard InChI is InChI=1S/C17H21N3O4/c1-10-5-6-14(7-11(10)2)23-9-17(22)19-18-16(21)8-15-12(3)20-24-13(15)4/h5-7H,8-9H2,1-4H3,(H,18,21)(H,19,22). The molecule has 0 unspecified atom stereocenters. The van der Waals surface area contributed by atoms with E-state index in [2.05, 4.69) is 16.0 Å². The number of aryl methyl sites for hydroxylation is 4. The van der Waals surface area contributed by atoms with Gasteiger partial charge in [0.05, 0.1) is 12.1 Å². The summed E-state index contributed by atoms with van der Waals surface area (Å²) in [6.45, 7) is 7.28. The first-order valence-electron chi connectivity index (χ1n) is 7.56. The zero-order chi connectivity index (χ0) is 17.7. The van der Waals surface area contributed by atoms with Crippen LogP contribution in [0.5, 0.6) is 5.75 Å². The van der Waals surface area contributed by atoms with Gasteiger partial charge in [-0.3, -0.25) is 20.4 Å². The Balaban J connectivity index is 1.76. The Morgan fingerprint density at radius 3 is 2.42 bits per heavy atom. The molecule has 0 aliphatic carbocycles. The molecule has 128 valence electrons. The molecule has 0 saturated heterocycles. The monoisotopic (exact) mass is 331 g/mol. The molecule has 0 saturated carbocycles. The highest BCUT2D eigenvalue weighted by Gasteiger charge is 2.14. The molecule has 0 fully saturated rings. The molecule has 2 aromatic rings. The minimum atomic E-state index is -0.444. The lowest BCUT2D eigenvalue weighted by molar-refractivity contribution is -0.129. The van der Waals surface area contributed by atoms with Gasteiger partial charge in [-0.25, -0.2) is 0 Å². The summed E-state index contributed by atoms with van der Waals surface area (Å²) >= 11 is 0. The maximum atomic E-state index is 11.8. The van der Waals surface area contributed by atoms with Crippen molar-refractivity contribution in [3.05, 3.63) is 46.3 Å². The summed E-state index contributed by atoms with van der Waals surface area (Å²) in [7, 11) is 0. The van der Waals surface area contributed by atoms with Crippen LogP contribution in [-0.2, 0) is 16.0 Å². The van der Waals surface area contributed by atoms with Crippen LogP contribution in [0.25, 0.3) is 0 Å². The average Bonchev–Trinajstić information content (AvgIpc) is 2.86. The molecule has 1 heterocycles. The van der Waals surface area contributed by atoms with Gasteiger partial charge in [-0.05, 0) is 51.0 Å². The molecule has 0 spiro atoms. The summed E-state index contributed by atoms with van der Waals surface area (Å²) in [6, 6.07) is 5.58. The van der Waals surface area contributed by atoms with Gasteiger partial charge in [-0.2, -0.15) is 0 Å². The zero-order valence-electron chi connectivity index (χ0n) is 14.2. The van der Waals surface area contributed by atoms with Crippen LogP contribution in [0.2, 0.25) is 0 Å². The van der Waals surface area contributed by atoms with Crippen LogP contribution in [0.15, 0.2) is 22.7 Å². The third kappa shape index (κ3) is 4.58. The van der Waals surface area contributed by atoms with E-state index in [0.717, 1.165) is 11.1 Å².